The first-order valence-corrected chi connectivity index (χ1v) is 10.2. The van der Waals surface area contributed by atoms with E-state index >= 15 is 0 Å². The van der Waals surface area contributed by atoms with Crippen LogP contribution in [0.1, 0.15) is 11.1 Å². The van der Waals surface area contributed by atoms with Gasteiger partial charge in [-0.25, -0.2) is 0 Å². The summed E-state index contributed by atoms with van der Waals surface area (Å²) < 4.78 is 24.7. The fourth-order valence-corrected chi connectivity index (χ4v) is 3.91. The molecular formula is C20H23NO5S. The first-order chi connectivity index (χ1) is 13.2. The Morgan fingerprint density at radius 1 is 1.30 bits per heavy atom. The van der Waals surface area contributed by atoms with Crippen LogP contribution in [0.3, 0.4) is 0 Å². The Balaban J connectivity index is 1.67. The smallest absolute Gasteiger partial charge is 0.197 e. The zero-order chi connectivity index (χ0) is 18.8. The van der Waals surface area contributed by atoms with Gasteiger partial charge in [0.25, 0.3) is 0 Å². The Morgan fingerprint density at radius 2 is 2.19 bits per heavy atom. The molecule has 1 aromatic heterocycles. The molecule has 0 unspecified atom stereocenters. The highest BCUT2D eigenvalue weighted by atomic mass is 32.2. The predicted molar refractivity (Wildman–Crippen MR) is 105 cm³/mol. The summed E-state index contributed by atoms with van der Waals surface area (Å²) in [6.07, 6.45) is 2.65. The molecule has 0 aliphatic carbocycles. The standard InChI is InChI=1S/C20H23NO5S/c1-13-18(22)10-19(25-12-16-11-23-7-8-24-16)21-6-5-14-9-15(26-27-2)3-4-17(14)20(13)21/h3-4,9-10,16H,5-8,11-12H2,1-2H3/t16-/m0/s1. The number of rotatable bonds is 5. The second-order valence-electron chi connectivity index (χ2n) is 6.67. The third-order valence-electron chi connectivity index (χ3n) is 4.93. The lowest BCUT2D eigenvalue weighted by atomic mass is 9.94. The molecule has 0 N–H and O–H groups in total. The van der Waals surface area contributed by atoms with Gasteiger partial charge < -0.3 is 23.0 Å². The van der Waals surface area contributed by atoms with Crippen molar-refractivity contribution in [3.63, 3.8) is 0 Å². The summed E-state index contributed by atoms with van der Waals surface area (Å²) in [7, 11) is 0. The minimum absolute atomic E-state index is 0.0191. The molecule has 1 saturated heterocycles. The molecule has 27 heavy (non-hydrogen) atoms. The Kier molecular flexibility index (Phi) is 5.43. The molecule has 6 nitrogen and oxygen atoms in total. The van der Waals surface area contributed by atoms with Crippen LogP contribution in [0.5, 0.6) is 11.6 Å². The number of hydrogen-bond donors (Lipinski definition) is 0. The van der Waals surface area contributed by atoms with Crippen molar-refractivity contribution in [3.05, 3.63) is 45.6 Å². The van der Waals surface area contributed by atoms with Crippen molar-refractivity contribution in [2.75, 3.05) is 32.7 Å². The van der Waals surface area contributed by atoms with Crippen LogP contribution in [0.25, 0.3) is 11.3 Å². The van der Waals surface area contributed by atoms with Crippen molar-refractivity contribution in [2.45, 2.75) is 26.0 Å². The third kappa shape index (κ3) is 3.72. The molecule has 144 valence electrons. The number of benzene rings is 1. The van der Waals surface area contributed by atoms with E-state index in [1.807, 2.05) is 25.3 Å². The maximum absolute atomic E-state index is 12.6. The number of ether oxygens (including phenoxy) is 3. The Bertz CT molecular complexity index is 889. The molecule has 1 aromatic carbocycles. The highest BCUT2D eigenvalue weighted by Gasteiger charge is 2.23. The van der Waals surface area contributed by atoms with E-state index in [0.717, 1.165) is 35.5 Å². The summed E-state index contributed by atoms with van der Waals surface area (Å²) in [6, 6.07) is 7.61. The van der Waals surface area contributed by atoms with Gasteiger partial charge in [0.05, 0.1) is 37.6 Å². The normalized spacial score (nSPS) is 18.5. The van der Waals surface area contributed by atoms with E-state index in [9.17, 15) is 4.79 Å². The van der Waals surface area contributed by atoms with Crippen molar-refractivity contribution in [1.82, 2.24) is 4.57 Å². The lowest BCUT2D eigenvalue weighted by Gasteiger charge is -2.28. The molecule has 1 atom stereocenters. The number of aromatic nitrogens is 1. The van der Waals surface area contributed by atoms with E-state index < -0.39 is 0 Å². The van der Waals surface area contributed by atoms with Crippen LogP contribution in [-0.2, 0) is 22.4 Å². The van der Waals surface area contributed by atoms with Gasteiger partial charge in [-0.15, -0.1) is 0 Å². The van der Waals surface area contributed by atoms with Gasteiger partial charge in [-0.1, -0.05) is 0 Å². The molecule has 0 saturated carbocycles. The number of nitrogens with zero attached hydrogens (tertiary/aromatic N) is 1. The molecule has 4 rings (SSSR count). The van der Waals surface area contributed by atoms with Crippen LogP contribution >= 0.6 is 12.0 Å². The van der Waals surface area contributed by atoms with Crippen LogP contribution in [0.4, 0.5) is 0 Å². The summed E-state index contributed by atoms with van der Waals surface area (Å²) in [6.45, 7) is 4.71. The molecule has 0 bridgehead atoms. The topological polar surface area (TPSA) is 58.9 Å². The summed E-state index contributed by atoms with van der Waals surface area (Å²) in [5.74, 6) is 1.42. The largest absolute Gasteiger partial charge is 0.476 e. The first kappa shape index (κ1) is 18.4. The van der Waals surface area contributed by atoms with Crippen molar-refractivity contribution < 1.29 is 18.4 Å². The van der Waals surface area contributed by atoms with Gasteiger partial charge in [0.15, 0.2) is 11.3 Å². The van der Waals surface area contributed by atoms with Gasteiger partial charge in [-0.3, -0.25) is 4.79 Å². The number of hydrogen-bond acceptors (Lipinski definition) is 6. The van der Waals surface area contributed by atoms with Crippen LogP contribution in [0.2, 0.25) is 0 Å². The summed E-state index contributed by atoms with van der Waals surface area (Å²) in [4.78, 5) is 12.6. The molecular weight excluding hydrogens is 366 g/mol. The van der Waals surface area contributed by atoms with Crippen LogP contribution in [-0.4, -0.2) is 43.4 Å². The second kappa shape index (κ2) is 7.96. The van der Waals surface area contributed by atoms with E-state index in [4.69, 9.17) is 18.4 Å². The second-order valence-corrected chi connectivity index (χ2v) is 7.17. The van der Waals surface area contributed by atoms with Gasteiger partial charge >= 0.3 is 0 Å². The van der Waals surface area contributed by atoms with Gasteiger partial charge in [0.2, 0.25) is 0 Å². The van der Waals surface area contributed by atoms with E-state index in [1.54, 1.807) is 6.07 Å². The summed E-state index contributed by atoms with van der Waals surface area (Å²) in [5, 5.41) is 0. The van der Waals surface area contributed by atoms with E-state index in [2.05, 4.69) is 10.6 Å². The molecule has 2 aliphatic heterocycles. The molecule has 3 heterocycles. The monoisotopic (exact) mass is 389 g/mol. The Hall–Kier alpha value is -1.96. The zero-order valence-electron chi connectivity index (χ0n) is 15.5. The zero-order valence-corrected chi connectivity index (χ0v) is 16.3. The predicted octanol–water partition coefficient (Wildman–Crippen LogP) is 2.83. The van der Waals surface area contributed by atoms with Gasteiger partial charge in [0.1, 0.15) is 18.5 Å². The lowest BCUT2D eigenvalue weighted by Crippen LogP contribution is -2.34. The average Bonchev–Trinajstić information content (AvgIpc) is 2.70. The molecule has 0 amide bonds. The van der Waals surface area contributed by atoms with Crippen LogP contribution in [0.15, 0.2) is 29.1 Å². The number of aryl methyl sites for hydroxylation is 1. The summed E-state index contributed by atoms with van der Waals surface area (Å²) in [5.41, 5.74) is 3.89. The fraction of sp³-hybridized carbons (Fsp3) is 0.450. The maximum Gasteiger partial charge on any atom is 0.197 e. The van der Waals surface area contributed by atoms with Gasteiger partial charge in [0, 0.05) is 30.0 Å². The minimum atomic E-state index is -0.103. The van der Waals surface area contributed by atoms with Gasteiger partial charge in [-0.05, 0) is 37.1 Å². The average molecular weight is 389 g/mol. The van der Waals surface area contributed by atoms with Crippen LogP contribution < -0.4 is 14.3 Å². The minimum Gasteiger partial charge on any atom is -0.476 e. The number of fused-ring (bicyclic) bond motifs is 3. The highest BCUT2D eigenvalue weighted by Crippen LogP contribution is 2.36. The molecule has 0 radical (unpaired) electrons. The van der Waals surface area contributed by atoms with E-state index in [0.29, 0.717) is 32.3 Å². The van der Waals surface area contributed by atoms with Crippen molar-refractivity contribution in [1.29, 1.82) is 0 Å². The van der Waals surface area contributed by atoms with Gasteiger partial charge in [-0.2, -0.15) is 0 Å². The lowest BCUT2D eigenvalue weighted by molar-refractivity contribution is -0.102. The fourth-order valence-electron chi connectivity index (χ4n) is 3.62. The SMILES string of the molecule is CSOc1ccc2c(c1)CCn1c(OC[C@@H]3COCCO3)cc(=O)c(C)c1-2. The Morgan fingerprint density at radius 3 is 2.96 bits per heavy atom. The third-order valence-corrected chi connectivity index (χ3v) is 5.29. The van der Waals surface area contributed by atoms with E-state index in [-0.39, 0.29) is 11.5 Å². The molecule has 1 fully saturated rings. The molecule has 7 heteroatoms. The first-order valence-electron chi connectivity index (χ1n) is 9.08. The van der Waals surface area contributed by atoms with Crippen molar-refractivity contribution >= 4 is 12.0 Å². The maximum atomic E-state index is 12.6. The summed E-state index contributed by atoms with van der Waals surface area (Å²) >= 11 is 1.32. The quantitative estimate of drug-likeness (QED) is 0.733. The van der Waals surface area contributed by atoms with Crippen molar-refractivity contribution in [3.8, 4) is 22.9 Å². The van der Waals surface area contributed by atoms with Crippen LogP contribution in [0, 0.1) is 6.92 Å². The highest BCUT2D eigenvalue weighted by molar-refractivity contribution is 7.94. The molecule has 0 spiro atoms. The van der Waals surface area contributed by atoms with E-state index in [1.165, 1.54) is 17.6 Å². The molecule has 2 aromatic rings. The number of pyridine rings is 1. The Labute approximate surface area is 162 Å². The molecule has 2 aliphatic rings. The van der Waals surface area contributed by atoms with Crippen molar-refractivity contribution in [2.24, 2.45) is 0 Å².